The van der Waals surface area contributed by atoms with Gasteiger partial charge in [0.2, 0.25) is 5.95 Å². The van der Waals surface area contributed by atoms with E-state index in [1.54, 1.807) is 11.1 Å². The summed E-state index contributed by atoms with van der Waals surface area (Å²) in [7, 11) is 0. The van der Waals surface area contributed by atoms with Gasteiger partial charge in [-0.3, -0.25) is 0 Å². The van der Waals surface area contributed by atoms with Gasteiger partial charge >= 0.3 is 11.8 Å². The van der Waals surface area contributed by atoms with Gasteiger partial charge in [0.25, 0.3) is 0 Å². The summed E-state index contributed by atoms with van der Waals surface area (Å²) in [5, 5.41) is 1.24. The lowest BCUT2D eigenvalue weighted by Gasteiger charge is -2.41. The second kappa shape index (κ2) is 9.46. The largest absolute Gasteiger partial charge is 0.444 e. The Labute approximate surface area is 217 Å². The number of amides is 1. The van der Waals surface area contributed by atoms with Crippen molar-refractivity contribution >= 4 is 50.3 Å². The molecule has 0 bridgehead atoms. The van der Waals surface area contributed by atoms with Crippen LogP contribution >= 0.6 is 27.5 Å². The van der Waals surface area contributed by atoms with Crippen LogP contribution in [0.5, 0.6) is 0 Å². The van der Waals surface area contributed by atoms with Crippen LogP contribution < -0.4 is 10.6 Å². The lowest BCUT2D eigenvalue weighted by molar-refractivity contribution is 0.0218. The number of hydrogen-bond acceptors (Lipinski definition) is 6. The summed E-state index contributed by atoms with van der Waals surface area (Å²) in [4.78, 5) is 38.7. The molecule has 1 aromatic carbocycles. The lowest BCUT2D eigenvalue weighted by Crippen LogP contribution is -2.55. The van der Waals surface area contributed by atoms with Crippen LogP contribution in [0, 0.1) is 0 Å². The third-order valence-electron chi connectivity index (χ3n) is 5.87. The molecule has 1 aliphatic rings. The number of carbonyl (C=O) groups excluding carboxylic acids is 1. The summed E-state index contributed by atoms with van der Waals surface area (Å²) in [6.07, 6.45) is 3.17. The number of nitrogens with zero attached hydrogens (tertiary/aromatic N) is 6. The zero-order valence-electron chi connectivity index (χ0n) is 20.7. The van der Waals surface area contributed by atoms with Crippen molar-refractivity contribution in [3.63, 3.8) is 0 Å². The van der Waals surface area contributed by atoms with Crippen LogP contribution in [0.4, 0.5) is 10.6 Å². The van der Waals surface area contributed by atoms with Gasteiger partial charge in [-0.2, -0.15) is 4.98 Å². The van der Waals surface area contributed by atoms with Crippen LogP contribution in [-0.4, -0.2) is 61.4 Å². The van der Waals surface area contributed by atoms with Crippen molar-refractivity contribution in [2.75, 3.05) is 24.5 Å². The SMILES string of the molecule is CC(C)n1ccnc1-n1c(=O)nc(N2CCN(C(=O)OC(C)(C)C)C[C@@H]2C)c2cc(Cl)c(Br)cc21. The first-order valence-corrected chi connectivity index (χ1v) is 12.7. The number of piperazine rings is 1. The predicted octanol–water partition coefficient (Wildman–Crippen LogP) is 5.02. The second-order valence-corrected chi connectivity index (χ2v) is 11.3. The highest BCUT2D eigenvalue weighted by Gasteiger charge is 2.32. The number of hydrogen-bond donors (Lipinski definition) is 0. The van der Waals surface area contributed by atoms with Crippen molar-refractivity contribution in [1.82, 2.24) is 24.0 Å². The fourth-order valence-electron chi connectivity index (χ4n) is 4.26. The van der Waals surface area contributed by atoms with Crippen molar-refractivity contribution in [3.05, 3.63) is 44.5 Å². The minimum atomic E-state index is -0.564. The Morgan fingerprint density at radius 3 is 2.60 bits per heavy atom. The summed E-state index contributed by atoms with van der Waals surface area (Å²) in [5.41, 5.74) is -0.353. The van der Waals surface area contributed by atoms with E-state index in [2.05, 4.69) is 25.9 Å². The quantitative estimate of drug-likeness (QED) is 0.443. The van der Waals surface area contributed by atoms with Gasteiger partial charge in [0.05, 0.1) is 10.5 Å². The van der Waals surface area contributed by atoms with Gasteiger partial charge in [-0.05, 0) is 69.6 Å². The van der Waals surface area contributed by atoms with Gasteiger partial charge in [-0.25, -0.2) is 19.1 Å². The molecule has 0 N–H and O–H groups in total. The topological polar surface area (TPSA) is 85.5 Å². The van der Waals surface area contributed by atoms with E-state index in [-0.39, 0.29) is 18.2 Å². The standard InChI is InChI=1S/C24H30BrClN6O3/c1-14(2)30-8-7-27-21(30)32-19-12-17(25)18(26)11-16(19)20(28-22(32)33)31-10-9-29(13-15(31)3)23(34)35-24(4,5)6/h7-8,11-12,14-15H,9-10,13H2,1-6H3/t15-/m0/s1. The number of rotatable bonds is 3. The molecule has 3 aromatic rings. The molecule has 0 unspecified atom stereocenters. The van der Waals surface area contributed by atoms with E-state index >= 15 is 0 Å². The fraction of sp³-hybridized carbons (Fsp3) is 0.500. The van der Waals surface area contributed by atoms with Crippen molar-refractivity contribution in [1.29, 1.82) is 0 Å². The molecule has 188 valence electrons. The van der Waals surface area contributed by atoms with Crippen LogP contribution in [0.15, 0.2) is 33.8 Å². The van der Waals surface area contributed by atoms with E-state index in [1.807, 2.05) is 69.3 Å². The summed E-state index contributed by atoms with van der Waals surface area (Å²) in [6.45, 7) is 13.0. The molecule has 0 saturated carbocycles. The summed E-state index contributed by atoms with van der Waals surface area (Å²) in [6, 6.07) is 3.65. The molecule has 1 fully saturated rings. The molecule has 0 aliphatic carbocycles. The molecule has 2 aromatic heterocycles. The highest BCUT2D eigenvalue weighted by atomic mass is 79.9. The van der Waals surface area contributed by atoms with E-state index < -0.39 is 11.3 Å². The average molecular weight is 566 g/mol. The molecule has 1 aliphatic heterocycles. The van der Waals surface area contributed by atoms with Gasteiger partial charge in [-0.15, -0.1) is 0 Å². The van der Waals surface area contributed by atoms with Crippen LogP contribution in [0.3, 0.4) is 0 Å². The third-order valence-corrected chi connectivity index (χ3v) is 7.07. The number of halogens is 2. The summed E-state index contributed by atoms with van der Waals surface area (Å²) < 4.78 is 9.65. The number of benzene rings is 1. The molecule has 1 atom stereocenters. The first kappa shape index (κ1) is 25.5. The molecular formula is C24H30BrClN6O3. The number of ether oxygens (including phenoxy) is 1. The Morgan fingerprint density at radius 1 is 1.26 bits per heavy atom. The number of aromatic nitrogens is 4. The number of carbonyl (C=O) groups is 1. The minimum absolute atomic E-state index is 0.0951. The number of fused-ring (bicyclic) bond motifs is 1. The molecule has 4 rings (SSSR count). The average Bonchev–Trinajstić information content (AvgIpc) is 3.23. The van der Waals surface area contributed by atoms with Crippen LogP contribution in [0.2, 0.25) is 5.02 Å². The Hall–Kier alpha value is -2.59. The maximum atomic E-state index is 13.4. The van der Waals surface area contributed by atoms with Gasteiger partial charge in [0.15, 0.2) is 0 Å². The van der Waals surface area contributed by atoms with Crippen LogP contribution in [0.1, 0.15) is 47.6 Å². The van der Waals surface area contributed by atoms with Crippen molar-refractivity contribution in [2.45, 2.75) is 59.2 Å². The molecular weight excluding hydrogens is 536 g/mol. The normalized spacial score (nSPS) is 16.9. The minimum Gasteiger partial charge on any atom is -0.444 e. The third kappa shape index (κ3) is 5.04. The summed E-state index contributed by atoms with van der Waals surface area (Å²) >= 11 is 9.99. The Balaban J connectivity index is 1.79. The first-order valence-electron chi connectivity index (χ1n) is 11.6. The molecule has 11 heteroatoms. The van der Waals surface area contributed by atoms with Crippen molar-refractivity contribution in [2.24, 2.45) is 0 Å². The maximum Gasteiger partial charge on any atom is 0.410 e. The Morgan fingerprint density at radius 2 is 1.97 bits per heavy atom. The van der Waals surface area contributed by atoms with E-state index in [0.29, 0.717) is 46.4 Å². The highest BCUT2D eigenvalue weighted by molar-refractivity contribution is 9.10. The molecule has 1 amide bonds. The molecule has 0 spiro atoms. The fourth-order valence-corrected chi connectivity index (χ4v) is 4.76. The van der Waals surface area contributed by atoms with Crippen LogP contribution in [-0.2, 0) is 4.74 Å². The first-order chi connectivity index (χ1) is 16.4. The van der Waals surface area contributed by atoms with Crippen LogP contribution in [0.25, 0.3) is 16.9 Å². The van der Waals surface area contributed by atoms with Crippen molar-refractivity contribution < 1.29 is 9.53 Å². The van der Waals surface area contributed by atoms with Gasteiger partial charge in [0.1, 0.15) is 11.4 Å². The molecule has 9 nitrogen and oxygen atoms in total. The molecule has 0 radical (unpaired) electrons. The monoisotopic (exact) mass is 564 g/mol. The number of imidazole rings is 1. The second-order valence-electron chi connectivity index (χ2n) is 10.0. The Bertz CT molecular complexity index is 1330. The maximum absolute atomic E-state index is 13.4. The Kier molecular flexibility index (Phi) is 6.89. The zero-order chi connectivity index (χ0) is 25.7. The lowest BCUT2D eigenvalue weighted by atomic mass is 10.1. The van der Waals surface area contributed by atoms with Gasteiger partial charge < -0.3 is 19.1 Å². The molecule has 35 heavy (non-hydrogen) atoms. The smallest absolute Gasteiger partial charge is 0.410 e. The van der Waals surface area contributed by atoms with Gasteiger partial charge in [0, 0.05) is 54.0 Å². The highest BCUT2D eigenvalue weighted by Crippen LogP contribution is 2.34. The van der Waals surface area contributed by atoms with E-state index in [0.717, 1.165) is 5.39 Å². The zero-order valence-corrected chi connectivity index (χ0v) is 23.1. The number of anilines is 1. The van der Waals surface area contributed by atoms with E-state index in [9.17, 15) is 9.59 Å². The van der Waals surface area contributed by atoms with Gasteiger partial charge in [-0.1, -0.05) is 11.6 Å². The predicted molar refractivity (Wildman–Crippen MR) is 141 cm³/mol. The van der Waals surface area contributed by atoms with E-state index in [1.165, 1.54) is 4.57 Å². The summed E-state index contributed by atoms with van der Waals surface area (Å²) in [5.74, 6) is 1.03. The molecule has 1 saturated heterocycles. The molecule has 3 heterocycles. The van der Waals surface area contributed by atoms with E-state index in [4.69, 9.17) is 16.3 Å². The van der Waals surface area contributed by atoms with Crippen molar-refractivity contribution in [3.8, 4) is 5.95 Å².